The third kappa shape index (κ3) is 3.92. The molecule has 0 N–H and O–H groups in total. The van der Waals surface area contributed by atoms with E-state index < -0.39 is 0 Å². The van der Waals surface area contributed by atoms with Crippen molar-refractivity contribution in [1.29, 1.82) is 0 Å². The lowest BCUT2D eigenvalue weighted by Crippen LogP contribution is -2.20. The van der Waals surface area contributed by atoms with Crippen LogP contribution in [-0.2, 0) is 24.4 Å². The van der Waals surface area contributed by atoms with E-state index in [0.717, 1.165) is 22.1 Å². The molecule has 0 bridgehead atoms. The van der Waals surface area contributed by atoms with Crippen LogP contribution in [0.25, 0.3) is 0 Å². The van der Waals surface area contributed by atoms with Gasteiger partial charge in [-0.2, -0.15) is 0 Å². The van der Waals surface area contributed by atoms with E-state index in [1.54, 1.807) is 6.07 Å². The van der Waals surface area contributed by atoms with Crippen molar-refractivity contribution < 1.29 is 14.4 Å². The summed E-state index contributed by atoms with van der Waals surface area (Å²) in [5.74, 6) is 0.703. The quantitative estimate of drug-likeness (QED) is 0.570. The Hall–Kier alpha value is -1.96. The van der Waals surface area contributed by atoms with E-state index in [-0.39, 0.29) is 17.4 Å². The van der Waals surface area contributed by atoms with Gasteiger partial charge in [0.2, 0.25) is 0 Å². The summed E-state index contributed by atoms with van der Waals surface area (Å²) >= 11 is 3.42. The molecule has 2 aromatic rings. The summed E-state index contributed by atoms with van der Waals surface area (Å²) in [6.45, 7) is 1.80. The number of rotatable bonds is 5. The molecule has 0 atom stereocenters. The minimum Gasteiger partial charge on any atom is -0.467 e. The zero-order chi connectivity index (χ0) is 17.1. The van der Waals surface area contributed by atoms with Crippen LogP contribution in [0.5, 0.6) is 5.75 Å². The highest BCUT2D eigenvalue weighted by Crippen LogP contribution is 2.33. The molecule has 0 aromatic heterocycles. The first-order chi connectivity index (χ1) is 11.5. The zero-order valence-electron chi connectivity index (χ0n) is 13.2. The minimum absolute atomic E-state index is 0.0647. The topological polar surface area (TPSA) is 64.8 Å². The Balaban J connectivity index is 1.81. The van der Waals surface area contributed by atoms with E-state index >= 15 is 0 Å². The smallest absolute Gasteiger partial charge is 0.270 e. The fourth-order valence-corrected chi connectivity index (χ4v) is 3.02. The second kappa shape index (κ2) is 7.29. The normalized spacial score (nSPS) is 13.5. The Labute approximate surface area is 148 Å². The molecule has 7 heteroatoms. The summed E-state index contributed by atoms with van der Waals surface area (Å²) in [6, 6.07) is 11.2. The molecule has 1 aliphatic heterocycles. The summed E-state index contributed by atoms with van der Waals surface area (Å²) in [5, 5.41) is 11.2. The fourth-order valence-electron chi connectivity index (χ4n) is 2.75. The average Bonchev–Trinajstić information content (AvgIpc) is 2.56. The number of nitrogens with zero attached hydrogens (tertiary/aromatic N) is 2. The van der Waals surface area contributed by atoms with Gasteiger partial charge in [0.25, 0.3) is 5.69 Å². The van der Waals surface area contributed by atoms with E-state index in [1.165, 1.54) is 11.6 Å². The Bertz CT molecular complexity index is 749. The maximum Gasteiger partial charge on any atom is 0.270 e. The lowest BCUT2D eigenvalue weighted by molar-refractivity contribution is -0.385. The predicted octanol–water partition coefficient (Wildman–Crippen LogP) is 3.86. The van der Waals surface area contributed by atoms with Gasteiger partial charge in [-0.3, -0.25) is 15.0 Å². The van der Waals surface area contributed by atoms with Crippen LogP contribution in [0, 0.1) is 10.1 Å². The fraction of sp³-hybridized carbons (Fsp3) is 0.294. The van der Waals surface area contributed by atoms with Gasteiger partial charge in [-0.25, -0.2) is 0 Å². The van der Waals surface area contributed by atoms with Crippen molar-refractivity contribution >= 4 is 21.6 Å². The highest BCUT2D eigenvalue weighted by Gasteiger charge is 2.21. The lowest BCUT2D eigenvalue weighted by atomic mass is 10.1. The number of benzene rings is 2. The Morgan fingerprint density at radius 2 is 2.00 bits per heavy atom. The molecule has 0 spiro atoms. The van der Waals surface area contributed by atoms with E-state index in [2.05, 4.69) is 20.8 Å². The van der Waals surface area contributed by atoms with Crippen molar-refractivity contribution in [1.82, 2.24) is 4.90 Å². The molecule has 0 aliphatic carbocycles. The van der Waals surface area contributed by atoms with Crippen LogP contribution in [0.1, 0.15) is 16.7 Å². The van der Waals surface area contributed by atoms with Gasteiger partial charge in [-0.1, -0.05) is 28.1 Å². The first-order valence-corrected chi connectivity index (χ1v) is 8.26. The van der Waals surface area contributed by atoms with Crippen molar-refractivity contribution in [3.05, 3.63) is 67.7 Å². The SMILES string of the molecule is CN(Cc1ccc(Br)cc1)Cc1cc([N+](=O)[O-])cc2c1OCOC2. The number of nitro benzene ring substituents is 1. The molecule has 1 heterocycles. The molecular formula is C17H17BrN2O4. The van der Waals surface area contributed by atoms with Crippen LogP contribution < -0.4 is 4.74 Å². The average molecular weight is 393 g/mol. The third-order valence-electron chi connectivity index (χ3n) is 3.79. The molecule has 0 unspecified atom stereocenters. The molecule has 0 fully saturated rings. The second-order valence-electron chi connectivity index (χ2n) is 5.76. The summed E-state index contributed by atoms with van der Waals surface area (Å²) < 4.78 is 11.9. The number of halogens is 1. The Kier molecular flexibility index (Phi) is 5.13. The number of ether oxygens (including phenoxy) is 2. The molecule has 3 rings (SSSR count). The third-order valence-corrected chi connectivity index (χ3v) is 4.32. The summed E-state index contributed by atoms with van der Waals surface area (Å²) in [4.78, 5) is 12.9. The van der Waals surface area contributed by atoms with Gasteiger partial charge in [0, 0.05) is 40.8 Å². The highest BCUT2D eigenvalue weighted by molar-refractivity contribution is 9.10. The van der Waals surface area contributed by atoms with Crippen molar-refractivity contribution in [3.63, 3.8) is 0 Å². The predicted molar refractivity (Wildman–Crippen MR) is 92.7 cm³/mol. The first-order valence-electron chi connectivity index (χ1n) is 7.46. The van der Waals surface area contributed by atoms with Gasteiger partial charge in [0.05, 0.1) is 11.5 Å². The Morgan fingerprint density at radius 1 is 1.25 bits per heavy atom. The van der Waals surface area contributed by atoms with Crippen molar-refractivity contribution in [2.45, 2.75) is 19.7 Å². The highest BCUT2D eigenvalue weighted by atomic mass is 79.9. The van der Waals surface area contributed by atoms with E-state index in [4.69, 9.17) is 9.47 Å². The first kappa shape index (κ1) is 16.9. The molecule has 6 nitrogen and oxygen atoms in total. The van der Waals surface area contributed by atoms with Crippen LogP contribution in [-0.4, -0.2) is 23.7 Å². The summed E-state index contributed by atoms with van der Waals surface area (Å²) in [7, 11) is 1.98. The van der Waals surface area contributed by atoms with Gasteiger partial charge in [-0.15, -0.1) is 0 Å². The van der Waals surface area contributed by atoms with Crippen LogP contribution in [0.4, 0.5) is 5.69 Å². The number of hydrogen-bond acceptors (Lipinski definition) is 5. The van der Waals surface area contributed by atoms with Crippen LogP contribution >= 0.6 is 15.9 Å². The van der Waals surface area contributed by atoms with E-state index in [9.17, 15) is 10.1 Å². The maximum atomic E-state index is 11.2. The molecule has 2 aromatic carbocycles. The molecule has 126 valence electrons. The number of nitro groups is 1. The van der Waals surface area contributed by atoms with Gasteiger partial charge >= 0.3 is 0 Å². The van der Waals surface area contributed by atoms with Crippen LogP contribution in [0.15, 0.2) is 40.9 Å². The van der Waals surface area contributed by atoms with Crippen molar-refractivity contribution in [2.75, 3.05) is 13.8 Å². The van der Waals surface area contributed by atoms with Gasteiger partial charge in [0.15, 0.2) is 6.79 Å². The minimum atomic E-state index is -0.382. The number of hydrogen-bond donors (Lipinski definition) is 0. The zero-order valence-corrected chi connectivity index (χ0v) is 14.8. The molecule has 0 amide bonds. The molecule has 24 heavy (non-hydrogen) atoms. The molecule has 0 saturated heterocycles. The summed E-state index contributed by atoms with van der Waals surface area (Å²) in [5.41, 5.74) is 2.77. The van der Waals surface area contributed by atoms with Crippen LogP contribution in [0.2, 0.25) is 0 Å². The van der Waals surface area contributed by atoms with E-state index in [1.807, 2.05) is 31.3 Å². The van der Waals surface area contributed by atoms with Crippen molar-refractivity contribution in [3.8, 4) is 5.75 Å². The molecule has 0 saturated carbocycles. The Morgan fingerprint density at radius 3 is 2.71 bits per heavy atom. The molecular weight excluding hydrogens is 376 g/mol. The van der Waals surface area contributed by atoms with Gasteiger partial charge in [-0.05, 0) is 24.7 Å². The number of non-ortho nitro benzene ring substituents is 1. The van der Waals surface area contributed by atoms with E-state index in [0.29, 0.717) is 18.9 Å². The number of fused-ring (bicyclic) bond motifs is 1. The molecule has 0 radical (unpaired) electrons. The second-order valence-corrected chi connectivity index (χ2v) is 6.68. The van der Waals surface area contributed by atoms with Crippen LogP contribution in [0.3, 0.4) is 0 Å². The van der Waals surface area contributed by atoms with Crippen molar-refractivity contribution in [2.24, 2.45) is 0 Å². The monoisotopic (exact) mass is 392 g/mol. The standard InChI is InChI=1S/C17H17BrN2O4/c1-19(8-12-2-4-15(18)5-3-12)9-13-6-16(20(21)22)7-14-10-23-11-24-17(13)14/h2-7H,8-11H2,1H3. The lowest BCUT2D eigenvalue weighted by Gasteiger charge is -2.23. The maximum absolute atomic E-state index is 11.2. The largest absolute Gasteiger partial charge is 0.467 e. The molecule has 1 aliphatic rings. The van der Waals surface area contributed by atoms with Gasteiger partial charge < -0.3 is 9.47 Å². The summed E-state index contributed by atoms with van der Waals surface area (Å²) in [6.07, 6.45) is 0. The van der Waals surface area contributed by atoms with Gasteiger partial charge in [0.1, 0.15) is 5.75 Å².